The van der Waals surface area contributed by atoms with Crippen LogP contribution < -0.4 is 5.32 Å². The molecule has 128 valence electrons. The van der Waals surface area contributed by atoms with Gasteiger partial charge in [0.2, 0.25) is 0 Å². The van der Waals surface area contributed by atoms with E-state index in [-0.39, 0.29) is 12.5 Å². The van der Waals surface area contributed by atoms with E-state index in [2.05, 4.69) is 26.3 Å². The molecule has 0 bridgehead atoms. The van der Waals surface area contributed by atoms with Crippen LogP contribution in [0.3, 0.4) is 0 Å². The normalized spacial score (nSPS) is 10.7. The molecule has 0 aliphatic carbocycles. The van der Waals surface area contributed by atoms with Crippen molar-refractivity contribution < 1.29 is 13.6 Å². The van der Waals surface area contributed by atoms with Crippen LogP contribution in [0.15, 0.2) is 59.3 Å². The summed E-state index contributed by atoms with van der Waals surface area (Å²) < 4.78 is 28.8. The summed E-state index contributed by atoms with van der Waals surface area (Å²) in [5.74, 6) is -1.55. The lowest BCUT2D eigenvalue weighted by atomic mass is 10.1. The Balaban J connectivity index is 1.59. The highest BCUT2D eigenvalue weighted by Crippen LogP contribution is 2.14. The van der Waals surface area contributed by atoms with E-state index in [9.17, 15) is 13.6 Å². The molecule has 1 amide bonds. The van der Waals surface area contributed by atoms with E-state index in [0.29, 0.717) is 17.5 Å². The predicted molar refractivity (Wildman–Crippen MR) is 93.7 cm³/mol. The summed E-state index contributed by atoms with van der Waals surface area (Å²) >= 11 is 3.36. The van der Waals surface area contributed by atoms with E-state index in [0.717, 1.165) is 16.2 Å². The van der Waals surface area contributed by atoms with Crippen molar-refractivity contribution >= 4 is 21.8 Å². The number of halogens is 3. The Kier molecular flexibility index (Phi) is 5.23. The van der Waals surface area contributed by atoms with Crippen LogP contribution in [0.2, 0.25) is 0 Å². The van der Waals surface area contributed by atoms with E-state index in [1.165, 1.54) is 18.3 Å². The van der Waals surface area contributed by atoms with Gasteiger partial charge in [0.25, 0.3) is 5.91 Å². The molecular formula is C18H14BrF2N3O. The maximum absolute atomic E-state index is 13.1. The minimum Gasteiger partial charge on any atom is -0.352 e. The molecule has 1 aromatic heterocycles. The molecule has 0 atom stereocenters. The van der Waals surface area contributed by atoms with Gasteiger partial charge in [-0.2, -0.15) is 5.10 Å². The summed E-state index contributed by atoms with van der Waals surface area (Å²) in [6.45, 7) is 0.269. The smallest absolute Gasteiger partial charge is 0.254 e. The predicted octanol–water partition coefficient (Wildman–Crippen LogP) is 3.89. The van der Waals surface area contributed by atoms with Crippen molar-refractivity contribution in [1.82, 2.24) is 15.1 Å². The van der Waals surface area contributed by atoms with Crippen LogP contribution in [0.4, 0.5) is 8.78 Å². The third kappa shape index (κ3) is 4.51. The second-order valence-electron chi connectivity index (χ2n) is 5.43. The molecule has 3 rings (SSSR count). The first-order chi connectivity index (χ1) is 12.0. The molecule has 7 heteroatoms. The van der Waals surface area contributed by atoms with Crippen molar-refractivity contribution in [3.63, 3.8) is 0 Å². The van der Waals surface area contributed by atoms with Crippen molar-refractivity contribution in [2.45, 2.75) is 6.42 Å². The molecule has 0 spiro atoms. The van der Waals surface area contributed by atoms with Gasteiger partial charge in [-0.15, -0.1) is 0 Å². The Morgan fingerprint density at radius 3 is 2.48 bits per heavy atom. The van der Waals surface area contributed by atoms with Crippen LogP contribution in [0.5, 0.6) is 0 Å². The zero-order valence-electron chi connectivity index (χ0n) is 13.0. The average molecular weight is 406 g/mol. The monoisotopic (exact) mass is 405 g/mol. The maximum Gasteiger partial charge on any atom is 0.254 e. The molecule has 1 N–H and O–H groups in total. The lowest BCUT2D eigenvalue weighted by Crippen LogP contribution is -2.25. The number of aromatic nitrogens is 2. The second kappa shape index (κ2) is 7.57. The van der Waals surface area contributed by atoms with E-state index in [4.69, 9.17) is 0 Å². The van der Waals surface area contributed by atoms with Gasteiger partial charge in [-0.3, -0.25) is 4.79 Å². The quantitative estimate of drug-likeness (QED) is 0.699. The lowest BCUT2D eigenvalue weighted by molar-refractivity contribution is 0.0954. The number of rotatable bonds is 5. The standard InChI is InChI=1S/C18H14BrF2N3O/c19-14-1-3-17(4-2-14)24-11-13(10-23-24)18(25)22-6-5-12-7-15(20)9-16(21)8-12/h1-4,7-11H,5-6H2,(H,22,25). The number of benzene rings is 2. The third-order valence-electron chi connectivity index (χ3n) is 3.56. The zero-order chi connectivity index (χ0) is 17.8. The average Bonchev–Trinajstić information content (AvgIpc) is 3.04. The summed E-state index contributed by atoms with van der Waals surface area (Å²) in [6.07, 6.45) is 3.43. The van der Waals surface area contributed by atoms with Crippen molar-refractivity contribution in [1.29, 1.82) is 0 Å². The molecular weight excluding hydrogens is 392 g/mol. The van der Waals surface area contributed by atoms with E-state index in [1.807, 2.05) is 24.3 Å². The van der Waals surface area contributed by atoms with Crippen molar-refractivity contribution in [3.05, 3.63) is 82.1 Å². The Morgan fingerprint density at radius 2 is 1.80 bits per heavy atom. The van der Waals surface area contributed by atoms with Gasteiger partial charge in [0, 0.05) is 23.3 Å². The molecule has 0 saturated carbocycles. The third-order valence-corrected chi connectivity index (χ3v) is 4.09. The fraction of sp³-hybridized carbons (Fsp3) is 0.111. The van der Waals surface area contributed by atoms with Crippen molar-refractivity contribution in [2.75, 3.05) is 6.54 Å². The summed E-state index contributed by atoms with van der Waals surface area (Å²) in [5.41, 5.74) is 1.73. The van der Waals surface area contributed by atoms with Gasteiger partial charge < -0.3 is 5.32 Å². The van der Waals surface area contributed by atoms with E-state index < -0.39 is 11.6 Å². The maximum atomic E-state index is 13.1. The summed E-state index contributed by atoms with van der Waals surface area (Å²) in [6, 6.07) is 10.8. The number of carbonyl (C=O) groups is 1. The van der Waals surface area contributed by atoms with Gasteiger partial charge in [0.15, 0.2) is 0 Å². The van der Waals surface area contributed by atoms with Crippen LogP contribution in [0.1, 0.15) is 15.9 Å². The molecule has 3 aromatic rings. The lowest BCUT2D eigenvalue weighted by Gasteiger charge is -2.04. The summed E-state index contributed by atoms with van der Waals surface area (Å²) in [7, 11) is 0. The SMILES string of the molecule is O=C(NCCc1cc(F)cc(F)c1)c1cnn(-c2ccc(Br)cc2)c1. The fourth-order valence-electron chi connectivity index (χ4n) is 2.35. The fourth-order valence-corrected chi connectivity index (χ4v) is 2.62. The van der Waals surface area contributed by atoms with Gasteiger partial charge in [-0.1, -0.05) is 15.9 Å². The van der Waals surface area contributed by atoms with Crippen LogP contribution in [0.25, 0.3) is 5.69 Å². The number of hydrogen-bond donors (Lipinski definition) is 1. The van der Waals surface area contributed by atoms with Crippen LogP contribution >= 0.6 is 15.9 Å². The van der Waals surface area contributed by atoms with Gasteiger partial charge >= 0.3 is 0 Å². The molecule has 0 fully saturated rings. The summed E-state index contributed by atoms with van der Waals surface area (Å²) in [5, 5.41) is 6.88. The second-order valence-corrected chi connectivity index (χ2v) is 6.35. The van der Waals surface area contributed by atoms with Crippen molar-refractivity contribution in [3.8, 4) is 5.69 Å². The number of hydrogen-bond acceptors (Lipinski definition) is 2. The molecule has 1 heterocycles. The minimum absolute atomic E-state index is 0.269. The number of carbonyl (C=O) groups excluding carboxylic acids is 1. The molecule has 0 radical (unpaired) electrons. The first-order valence-electron chi connectivity index (χ1n) is 7.55. The molecule has 4 nitrogen and oxygen atoms in total. The number of nitrogens with zero attached hydrogens (tertiary/aromatic N) is 2. The Morgan fingerprint density at radius 1 is 1.12 bits per heavy atom. The van der Waals surface area contributed by atoms with E-state index >= 15 is 0 Å². The molecule has 0 unspecified atom stereocenters. The molecule has 2 aromatic carbocycles. The minimum atomic E-state index is -0.628. The number of nitrogens with one attached hydrogen (secondary N) is 1. The van der Waals surface area contributed by atoms with Crippen LogP contribution in [0, 0.1) is 11.6 Å². The highest BCUT2D eigenvalue weighted by atomic mass is 79.9. The molecule has 0 aliphatic heterocycles. The Hall–Kier alpha value is -2.54. The molecule has 0 aliphatic rings. The van der Waals surface area contributed by atoms with E-state index in [1.54, 1.807) is 10.9 Å². The Labute approximate surface area is 151 Å². The van der Waals surface area contributed by atoms with Gasteiger partial charge in [0.05, 0.1) is 17.4 Å². The van der Waals surface area contributed by atoms with Gasteiger partial charge in [-0.25, -0.2) is 13.5 Å². The topological polar surface area (TPSA) is 46.9 Å². The first kappa shape index (κ1) is 17.3. The number of amides is 1. The Bertz CT molecular complexity index is 873. The van der Waals surface area contributed by atoms with Crippen molar-refractivity contribution in [2.24, 2.45) is 0 Å². The summed E-state index contributed by atoms with van der Waals surface area (Å²) in [4.78, 5) is 12.1. The highest BCUT2D eigenvalue weighted by molar-refractivity contribution is 9.10. The largest absolute Gasteiger partial charge is 0.352 e. The first-order valence-corrected chi connectivity index (χ1v) is 8.34. The zero-order valence-corrected chi connectivity index (χ0v) is 14.6. The molecule has 0 saturated heterocycles. The van der Waals surface area contributed by atoms with Crippen LogP contribution in [-0.4, -0.2) is 22.2 Å². The van der Waals surface area contributed by atoms with Crippen LogP contribution in [-0.2, 0) is 6.42 Å². The van der Waals surface area contributed by atoms with Gasteiger partial charge in [-0.05, 0) is 48.4 Å². The van der Waals surface area contributed by atoms with Gasteiger partial charge in [0.1, 0.15) is 11.6 Å². The highest BCUT2D eigenvalue weighted by Gasteiger charge is 2.09. The molecule has 25 heavy (non-hydrogen) atoms.